The quantitative estimate of drug-likeness (QED) is 0.444. The maximum absolute atomic E-state index is 10.8. The van der Waals surface area contributed by atoms with Gasteiger partial charge >= 0.3 is 5.69 Å². The Labute approximate surface area is 96.8 Å². The van der Waals surface area contributed by atoms with Crippen molar-refractivity contribution >= 4 is 17.3 Å². The Balaban J connectivity index is 2.97. The van der Waals surface area contributed by atoms with Gasteiger partial charge in [0.25, 0.3) is 0 Å². The van der Waals surface area contributed by atoms with Gasteiger partial charge in [0.15, 0.2) is 0 Å². The summed E-state index contributed by atoms with van der Waals surface area (Å²) in [6, 6.07) is -0.506. The smallest absolute Gasteiger partial charge is 0.352 e. The highest BCUT2D eigenvalue weighted by Gasteiger charge is 2.22. The lowest BCUT2D eigenvalue weighted by atomic mass is 10.3. The van der Waals surface area contributed by atoms with E-state index in [-0.39, 0.29) is 24.8 Å². The number of nitro groups is 1. The van der Waals surface area contributed by atoms with Gasteiger partial charge in [0, 0.05) is 7.11 Å². The van der Waals surface area contributed by atoms with E-state index < -0.39 is 16.7 Å². The number of anilines is 2. The van der Waals surface area contributed by atoms with Crippen LogP contribution in [0.5, 0.6) is 0 Å². The molecule has 0 saturated carbocycles. The Morgan fingerprint density at radius 2 is 2.41 bits per heavy atom. The highest BCUT2D eigenvalue weighted by molar-refractivity contribution is 5.67. The van der Waals surface area contributed by atoms with E-state index in [1.807, 2.05) is 0 Å². The summed E-state index contributed by atoms with van der Waals surface area (Å²) < 4.78 is 4.83. The fourth-order valence-electron chi connectivity index (χ4n) is 1.21. The number of aliphatic hydroxyl groups is 1. The second-order valence-electron chi connectivity index (χ2n) is 3.19. The topological polar surface area (TPSA) is 136 Å². The molecule has 0 fully saturated rings. The first-order chi connectivity index (χ1) is 8.10. The molecule has 1 aromatic heterocycles. The van der Waals surface area contributed by atoms with Crippen LogP contribution in [0.3, 0.4) is 0 Å². The molecule has 1 aromatic rings. The SMILES string of the molecule is COCC(CO)Nc1ncnc(N)c1[N+](=O)[O-]. The van der Waals surface area contributed by atoms with Gasteiger partial charge in [0.1, 0.15) is 6.33 Å². The van der Waals surface area contributed by atoms with Crippen molar-refractivity contribution in [2.75, 3.05) is 31.4 Å². The van der Waals surface area contributed by atoms with Crippen LogP contribution in [0.15, 0.2) is 6.33 Å². The molecule has 94 valence electrons. The van der Waals surface area contributed by atoms with Crippen molar-refractivity contribution in [3.63, 3.8) is 0 Å². The lowest BCUT2D eigenvalue weighted by Crippen LogP contribution is -2.29. The van der Waals surface area contributed by atoms with Gasteiger partial charge in [0.05, 0.1) is 24.2 Å². The van der Waals surface area contributed by atoms with Gasteiger partial charge in [-0.3, -0.25) is 10.1 Å². The summed E-state index contributed by atoms with van der Waals surface area (Å²) in [6.45, 7) is -0.0769. The number of ether oxygens (including phenoxy) is 1. The van der Waals surface area contributed by atoms with E-state index in [1.54, 1.807) is 0 Å². The largest absolute Gasteiger partial charge is 0.394 e. The Hall–Kier alpha value is -2.00. The summed E-state index contributed by atoms with van der Waals surface area (Å²) in [5.41, 5.74) is 4.97. The molecular formula is C8H13N5O4. The fraction of sp³-hybridized carbons (Fsp3) is 0.500. The molecule has 0 amide bonds. The van der Waals surface area contributed by atoms with Gasteiger partial charge in [-0.1, -0.05) is 0 Å². The number of methoxy groups -OCH3 is 1. The molecule has 1 unspecified atom stereocenters. The van der Waals surface area contributed by atoms with Crippen LogP contribution in [-0.4, -0.2) is 46.4 Å². The number of nitrogens with one attached hydrogen (secondary N) is 1. The number of nitrogens with two attached hydrogens (primary N) is 1. The number of aromatic nitrogens is 2. The third kappa shape index (κ3) is 3.23. The van der Waals surface area contributed by atoms with Crippen molar-refractivity contribution in [1.29, 1.82) is 0 Å². The van der Waals surface area contributed by atoms with Crippen LogP contribution in [0.2, 0.25) is 0 Å². The first-order valence-electron chi connectivity index (χ1n) is 4.71. The first-order valence-corrected chi connectivity index (χ1v) is 4.71. The predicted octanol–water partition coefficient (Wildman–Crippen LogP) is -0.614. The molecule has 9 heteroatoms. The van der Waals surface area contributed by atoms with E-state index in [1.165, 1.54) is 7.11 Å². The van der Waals surface area contributed by atoms with Crippen molar-refractivity contribution in [1.82, 2.24) is 9.97 Å². The van der Waals surface area contributed by atoms with E-state index in [0.717, 1.165) is 6.33 Å². The van der Waals surface area contributed by atoms with Crippen LogP contribution in [-0.2, 0) is 4.74 Å². The maximum Gasteiger partial charge on any atom is 0.352 e. The molecule has 0 aliphatic rings. The van der Waals surface area contributed by atoms with Crippen LogP contribution in [0.25, 0.3) is 0 Å². The van der Waals surface area contributed by atoms with Crippen LogP contribution >= 0.6 is 0 Å². The first kappa shape index (κ1) is 13.1. The number of hydrogen-bond donors (Lipinski definition) is 3. The van der Waals surface area contributed by atoms with Gasteiger partial charge in [-0.15, -0.1) is 0 Å². The predicted molar refractivity (Wildman–Crippen MR) is 59.5 cm³/mol. The number of nitrogens with zero attached hydrogens (tertiary/aromatic N) is 3. The van der Waals surface area contributed by atoms with E-state index in [4.69, 9.17) is 15.6 Å². The molecule has 9 nitrogen and oxygen atoms in total. The van der Waals surface area contributed by atoms with Gasteiger partial charge in [-0.2, -0.15) is 0 Å². The third-order valence-electron chi connectivity index (χ3n) is 1.96. The normalized spacial score (nSPS) is 12.1. The maximum atomic E-state index is 10.8. The van der Waals surface area contributed by atoms with Crippen LogP contribution in [0.1, 0.15) is 0 Å². The van der Waals surface area contributed by atoms with Crippen LogP contribution in [0, 0.1) is 10.1 Å². The highest BCUT2D eigenvalue weighted by Crippen LogP contribution is 2.26. The van der Waals surface area contributed by atoms with Crippen molar-refractivity contribution in [2.24, 2.45) is 0 Å². The van der Waals surface area contributed by atoms with Crippen molar-refractivity contribution in [3.8, 4) is 0 Å². The molecule has 1 atom stereocenters. The molecule has 1 rings (SSSR count). The lowest BCUT2D eigenvalue weighted by Gasteiger charge is -2.15. The van der Waals surface area contributed by atoms with Gasteiger partial charge < -0.3 is 20.9 Å². The molecule has 0 spiro atoms. The zero-order valence-corrected chi connectivity index (χ0v) is 9.16. The average Bonchev–Trinajstić information content (AvgIpc) is 2.28. The Bertz CT molecular complexity index is 400. The minimum atomic E-state index is -0.682. The van der Waals surface area contributed by atoms with Gasteiger partial charge in [-0.25, -0.2) is 9.97 Å². The number of rotatable bonds is 6. The molecule has 0 saturated heterocycles. The molecule has 17 heavy (non-hydrogen) atoms. The minimum absolute atomic E-state index is 0.0430. The van der Waals surface area contributed by atoms with Gasteiger partial charge in [-0.05, 0) is 0 Å². The van der Waals surface area contributed by atoms with Crippen LogP contribution < -0.4 is 11.1 Å². The molecule has 0 radical (unpaired) electrons. The van der Waals surface area contributed by atoms with Crippen molar-refractivity contribution < 1.29 is 14.8 Å². The standard InChI is InChI=1S/C8H13N5O4/c1-17-3-5(2-14)12-8-6(13(15)16)7(9)10-4-11-8/h4-5,14H,2-3H2,1H3,(H3,9,10,11,12). The zero-order valence-electron chi connectivity index (χ0n) is 9.16. The fourth-order valence-corrected chi connectivity index (χ4v) is 1.21. The summed E-state index contributed by atoms with van der Waals surface area (Å²) in [6.07, 6.45) is 1.10. The molecule has 0 aliphatic heterocycles. The molecule has 1 heterocycles. The molecule has 0 bridgehead atoms. The second kappa shape index (κ2) is 5.92. The van der Waals surface area contributed by atoms with Crippen molar-refractivity contribution in [3.05, 3.63) is 16.4 Å². The Kier molecular flexibility index (Phi) is 4.55. The zero-order chi connectivity index (χ0) is 12.8. The monoisotopic (exact) mass is 243 g/mol. The average molecular weight is 243 g/mol. The lowest BCUT2D eigenvalue weighted by molar-refractivity contribution is -0.383. The van der Waals surface area contributed by atoms with Crippen LogP contribution in [0.4, 0.5) is 17.3 Å². The van der Waals surface area contributed by atoms with E-state index in [2.05, 4.69) is 15.3 Å². The number of aliphatic hydroxyl groups excluding tert-OH is 1. The Morgan fingerprint density at radius 1 is 1.71 bits per heavy atom. The van der Waals surface area contributed by atoms with E-state index in [0.29, 0.717) is 0 Å². The third-order valence-corrected chi connectivity index (χ3v) is 1.96. The van der Waals surface area contributed by atoms with Crippen molar-refractivity contribution in [2.45, 2.75) is 6.04 Å². The summed E-state index contributed by atoms with van der Waals surface area (Å²) in [7, 11) is 1.45. The molecule has 4 N–H and O–H groups in total. The summed E-state index contributed by atoms with van der Waals surface area (Å²) in [5, 5.41) is 22.5. The van der Waals surface area contributed by atoms with E-state index in [9.17, 15) is 10.1 Å². The second-order valence-corrected chi connectivity index (χ2v) is 3.19. The highest BCUT2D eigenvalue weighted by atomic mass is 16.6. The summed E-state index contributed by atoms with van der Waals surface area (Å²) in [4.78, 5) is 17.4. The molecular weight excluding hydrogens is 230 g/mol. The number of nitrogen functional groups attached to an aromatic ring is 1. The number of hydrogen-bond acceptors (Lipinski definition) is 8. The Morgan fingerprint density at radius 3 is 2.94 bits per heavy atom. The summed E-state index contributed by atoms with van der Waals surface area (Å²) in [5.74, 6) is -0.278. The molecule has 0 aromatic carbocycles. The van der Waals surface area contributed by atoms with E-state index >= 15 is 0 Å². The minimum Gasteiger partial charge on any atom is -0.394 e. The molecule has 0 aliphatic carbocycles. The van der Waals surface area contributed by atoms with Gasteiger partial charge in [0.2, 0.25) is 11.6 Å². The summed E-state index contributed by atoms with van der Waals surface area (Å²) >= 11 is 0.